The molecule has 0 aliphatic carbocycles. The minimum Gasteiger partial charge on any atom is -0.453 e. The number of nitrogens with one attached hydrogen (secondary N) is 1. The molecular weight excluding hydrogens is 397 g/mol. The van der Waals surface area contributed by atoms with Gasteiger partial charge in [0.1, 0.15) is 12.1 Å². The predicted octanol–water partition coefficient (Wildman–Crippen LogP) is 3.98. The van der Waals surface area contributed by atoms with Crippen LogP contribution in [-0.2, 0) is 6.54 Å². The molecule has 2 aromatic carbocycles. The van der Waals surface area contributed by atoms with Crippen LogP contribution < -0.4 is 16.0 Å². The zero-order chi connectivity index (χ0) is 20.5. The summed E-state index contributed by atoms with van der Waals surface area (Å²) >= 11 is 6.15. The Kier molecular flexibility index (Phi) is 4.77. The van der Waals surface area contributed by atoms with Crippen LogP contribution in [0.2, 0.25) is 5.02 Å². The molecule has 0 atom stereocenters. The maximum absolute atomic E-state index is 15.2. The normalized spacial score (nSPS) is 11.0. The highest BCUT2D eigenvalue weighted by Crippen LogP contribution is 2.35. The lowest BCUT2D eigenvalue weighted by molar-refractivity contribution is 0.437. The first-order valence-corrected chi connectivity index (χ1v) is 8.90. The Morgan fingerprint density at radius 1 is 1.31 bits per heavy atom. The first-order chi connectivity index (χ1) is 14.0. The van der Waals surface area contributed by atoms with Crippen LogP contribution in [0.5, 0.6) is 11.5 Å². The van der Waals surface area contributed by atoms with Gasteiger partial charge in [-0.1, -0.05) is 30.3 Å². The molecular formula is C20H15ClFN5O2. The fourth-order valence-corrected chi connectivity index (χ4v) is 3.07. The Morgan fingerprint density at radius 3 is 2.93 bits per heavy atom. The van der Waals surface area contributed by atoms with E-state index in [0.717, 1.165) is 5.56 Å². The molecule has 0 amide bonds. The second kappa shape index (κ2) is 7.40. The number of nitrogens with two attached hydrogens (primary N) is 1. The Balaban J connectivity index is 1.71. The summed E-state index contributed by atoms with van der Waals surface area (Å²) in [6, 6.07) is 7.91. The van der Waals surface area contributed by atoms with Gasteiger partial charge in [-0.05, 0) is 23.8 Å². The molecule has 9 heteroatoms. The van der Waals surface area contributed by atoms with Crippen molar-refractivity contribution in [3.8, 4) is 11.5 Å². The molecule has 0 fully saturated rings. The summed E-state index contributed by atoms with van der Waals surface area (Å²) in [4.78, 5) is 23.2. The molecule has 0 spiro atoms. The highest BCUT2D eigenvalue weighted by atomic mass is 35.5. The summed E-state index contributed by atoms with van der Waals surface area (Å²) in [6.45, 7) is 3.63. The number of nitrogens with zero attached hydrogens (tertiary/aromatic N) is 3. The number of ether oxygens (including phenoxy) is 1. The van der Waals surface area contributed by atoms with E-state index in [-0.39, 0.29) is 34.0 Å². The number of H-pyrrole nitrogens is 1. The number of nitrogen functional groups attached to an aromatic ring is 1. The average Bonchev–Trinajstić information content (AvgIpc) is 3.18. The van der Waals surface area contributed by atoms with Crippen LogP contribution in [0.15, 0.2) is 54.4 Å². The van der Waals surface area contributed by atoms with Crippen LogP contribution in [0, 0.1) is 5.82 Å². The number of hydrogen-bond donors (Lipinski definition) is 2. The van der Waals surface area contributed by atoms with Crippen molar-refractivity contribution in [2.75, 3.05) is 5.73 Å². The van der Waals surface area contributed by atoms with Crippen LogP contribution in [0.3, 0.4) is 0 Å². The molecule has 0 aliphatic rings. The van der Waals surface area contributed by atoms with Gasteiger partial charge < -0.3 is 15.5 Å². The van der Waals surface area contributed by atoms with Crippen LogP contribution in [0.25, 0.3) is 17.2 Å². The van der Waals surface area contributed by atoms with E-state index in [9.17, 15) is 4.79 Å². The zero-order valence-electron chi connectivity index (χ0n) is 15.0. The average molecular weight is 412 g/mol. The number of anilines is 1. The third-order valence-electron chi connectivity index (χ3n) is 4.29. The summed E-state index contributed by atoms with van der Waals surface area (Å²) < 4.78 is 22.1. The van der Waals surface area contributed by atoms with Gasteiger partial charge in [-0.2, -0.15) is 0 Å². The summed E-state index contributed by atoms with van der Waals surface area (Å²) in [5.74, 6) is -0.527. The van der Waals surface area contributed by atoms with Crippen LogP contribution in [-0.4, -0.2) is 19.5 Å². The predicted molar refractivity (Wildman–Crippen MR) is 110 cm³/mol. The first-order valence-electron chi connectivity index (χ1n) is 8.52. The van der Waals surface area contributed by atoms with E-state index in [2.05, 4.69) is 21.5 Å². The van der Waals surface area contributed by atoms with Gasteiger partial charge in [-0.25, -0.2) is 14.4 Å². The van der Waals surface area contributed by atoms with Crippen molar-refractivity contribution in [1.82, 2.24) is 19.5 Å². The van der Waals surface area contributed by atoms with E-state index in [0.29, 0.717) is 17.1 Å². The van der Waals surface area contributed by atoms with Crippen molar-refractivity contribution in [3.63, 3.8) is 0 Å². The maximum atomic E-state index is 15.2. The summed E-state index contributed by atoms with van der Waals surface area (Å²) in [6.07, 6.45) is 4.29. The fourth-order valence-electron chi connectivity index (χ4n) is 2.89. The number of aromatic nitrogens is 4. The lowest BCUT2D eigenvalue weighted by Gasteiger charge is -2.13. The number of benzene rings is 2. The number of halogens is 2. The molecule has 0 radical (unpaired) electrons. The van der Waals surface area contributed by atoms with Crippen molar-refractivity contribution in [2.45, 2.75) is 6.54 Å². The molecule has 2 aromatic heterocycles. The molecule has 4 rings (SSSR count). The van der Waals surface area contributed by atoms with Gasteiger partial charge in [-0.15, -0.1) is 0 Å². The minimum absolute atomic E-state index is 0.0605. The van der Waals surface area contributed by atoms with E-state index >= 15 is 4.39 Å². The number of imidazole rings is 1. The van der Waals surface area contributed by atoms with Crippen molar-refractivity contribution in [1.29, 1.82) is 0 Å². The quantitative estimate of drug-likeness (QED) is 0.484. The standard InChI is InChI=1S/C20H15ClFN5O2/c1-2-11-5-13(23)7-14(6-11)29-18-15(21)4-3-12(16(18)22)8-27-10-26-19-17(20(27)28)24-9-25-19/h2-7,9-10H,1,8,23H2,(H,24,25). The molecule has 7 nitrogen and oxygen atoms in total. The maximum Gasteiger partial charge on any atom is 0.279 e. The lowest BCUT2D eigenvalue weighted by Crippen LogP contribution is -2.21. The summed E-state index contributed by atoms with van der Waals surface area (Å²) in [5.41, 5.74) is 7.39. The van der Waals surface area contributed by atoms with Crippen LogP contribution in [0.1, 0.15) is 11.1 Å². The SMILES string of the molecule is C=Cc1cc(N)cc(Oc2c(Cl)ccc(Cn3cnc4nc[nH]c4c3=O)c2F)c1. The molecule has 0 unspecified atom stereocenters. The summed E-state index contributed by atoms with van der Waals surface area (Å²) in [5, 5.41) is 0.0864. The van der Waals surface area contributed by atoms with E-state index in [1.165, 1.54) is 29.4 Å². The fraction of sp³-hybridized carbons (Fsp3) is 0.0500. The number of aromatic amines is 1. The second-order valence-corrected chi connectivity index (χ2v) is 6.68. The van der Waals surface area contributed by atoms with E-state index in [1.807, 2.05) is 0 Å². The smallest absolute Gasteiger partial charge is 0.279 e. The minimum atomic E-state index is -0.684. The number of fused-ring (bicyclic) bond motifs is 1. The zero-order valence-corrected chi connectivity index (χ0v) is 15.8. The first kappa shape index (κ1) is 18.7. The Labute approximate surface area is 169 Å². The molecule has 0 aliphatic heterocycles. The van der Waals surface area contributed by atoms with E-state index in [1.54, 1.807) is 24.3 Å². The Morgan fingerprint density at radius 2 is 2.14 bits per heavy atom. The molecule has 29 heavy (non-hydrogen) atoms. The van der Waals surface area contributed by atoms with Gasteiger partial charge in [0.2, 0.25) is 0 Å². The Hall–Kier alpha value is -3.65. The van der Waals surface area contributed by atoms with Crippen molar-refractivity contribution in [2.24, 2.45) is 0 Å². The Bertz CT molecular complexity index is 1300. The topological polar surface area (TPSA) is 98.8 Å². The highest BCUT2D eigenvalue weighted by molar-refractivity contribution is 6.32. The van der Waals surface area contributed by atoms with Gasteiger partial charge in [0.15, 0.2) is 22.7 Å². The van der Waals surface area contributed by atoms with Crippen molar-refractivity contribution in [3.05, 3.63) is 81.9 Å². The van der Waals surface area contributed by atoms with Gasteiger partial charge in [0.05, 0.1) is 17.9 Å². The van der Waals surface area contributed by atoms with E-state index in [4.69, 9.17) is 22.1 Å². The van der Waals surface area contributed by atoms with Gasteiger partial charge in [0.25, 0.3) is 5.56 Å². The molecule has 2 heterocycles. The second-order valence-electron chi connectivity index (χ2n) is 6.27. The van der Waals surface area contributed by atoms with Crippen LogP contribution >= 0.6 is 11.6 Å². The van der Waals surface area contributed by atoms with Gasteiger partial charge in [-0.3, -0.25) is 9.36 Å². The van der Waals surface area contributed by atoms with Crippen molar-refractivity contribution < 1.29 is 9.13 Å². The monoisotopic (exact) mass is 411 g/mol. The third kappa shape index (κ3) is 3.57. The highest BCUT2D eigenvalue weighted by Gasteiger charge is 2.17. The lowest BCUT2D eigenvalue weighted by atomic mass is 10.1. The summed E-state index contributed by atoms with van der Waals surface area (Å²) in [7, 11) is 0. The van der Waals surface area contributed by atoms with Gasteiger partial charge >= 0.3 is 0 Å². The molecule has 0 saturated heterocycles. The molecule has 4 aromatic rings. The molecule has 3 N–H and O–H groups in total. The molecule has 146 valence electrons. The number of rotatable bonds is 5. The van der Waals surface area contributed by atoms with Crippen molar-refractivity contribution >= 4 is 34.5 Å². The van der Waals surface area contributed by atoms with Crippen LogP contribution in [0.4, 0.5) is 10.1 Å². The molecule has 0 saturated carbocycles. The number of hydrogen-bond acceptors (Lipinski definition) is 5. The van der Waals surface area contributed by atoms with E-state index < -0.39 is 5.82 Å². The third-order valence-corrected chi connectivity index (χ3v) is 4.59. The molecule has 0 bridgehead atoms. The van der Waals surface area contributed by atoms with Gasteiger partial charge in [0, 0.05) is 17.3 Å². The largest absolute Gasteiger partial charge is 0.453 e.